The second-order valence-electron chi connectivity index (χ2n) is 7.14. The van der Waals surface area contributed by atoms with Gasteiger partial charge in [0.15, 0.2) is 0 Å². The van der Waals surface area contributed by atoms with Crippen molar-refractivity contribution in [3.63, 3.8) is 0 Å². The maximum absolute atomic E-state index is 12.8. The minimum atomic E-state index is 0.139. The fourth-order valence-electron chi connectivity index (χ4n) is 3.81. The van der Waals surface area contributed by atoms with Crippen LogP contribution in [0.15, 0.2) is 18.3 Å². The van der Waals surface area contributed by atoms with Gasteiger partial charge in [0.2, 0.25) is 5.91 Å². The summed E-state index contributed by atoms with van der Waals surface area (Å²) in [4.78, 5) is 21.5. The first-order valence-corrected chi connectivity index (χ1v) is 9.33. The molecular weight excluding hydrogens is 324 g/mol. The van der Waals surface area contributed by atoms with E-state index < -0.39 is 0 Å². The highest BCUT2D eigenvalue weighted by atomic mass is 35.5. The molecule has 2 aliphatic heterocycles. The second-order valence-corrected chi connectivity index (χ2v) is 7.58. The SMILES string of the molecule is C[C@@H](N)[C@H]1CCCN(C(=O)C2CCN(c3ccc(Cl)cn3)CC2)C1. The Kier molecular flexibility index (Phi) is 5.61. The summed E-state index contributed by atoms with van der Waals surface area (Å²) in [6, 6.07) is 3.98. The van der Waals surface area contributed by atoms with Crippen LogP contribution in [0.25, 0.3) is 0 Å². The van der Waals surface area contributed by atoms with E-state index in [4.69, 9.17) is 17.3 Å². The van der Waals surface area contributed by atoms with Gasteiger partial charge in [0.05, 0.1) is 5.02 Å². The number of hydrogen-bond acceptors (Lipinski definition) is 4. The first-order valence-electron chi connectivity index (χ1n) is 8.95. The number of rotatable bonds is 3. The maximum atomic E-state index is 12.8. The summed E-state index contributed by atoms with van der Waals surface area (Å²) < 4.78 is 0. The van der Waals surface area contributed by atoms with Crippen molar-refractivity contribution in [3.8, 4) is 0 Å². The van der Waals surface area contributed by atoms with E-state index in [1.165, 1.54) is 0 Å². The lowest BCUT2D eigenvalue weighted by Gasteiger charge is -2.39. The molecule has 3 rings (SSSR count). The third-order valence-electron chi connectivity index (χ3n) is 5.39. The molecule has 2 aliphatic rings. The zero-order valence-electron chi connectivity index (χ0n) is 14.3. The molecule has 24 heavy (non-hydrogen) atoms. The van der Waals surface area contributed by atoms with Crippen molar-refractivity contribution in [2.75, 3.05) is 31.1 Å². The lowest BCUT2D eigenvalue weighted by Crippen LogP contribution is -2.49. The molecule has 0 spiro atoms. The summed E-state index contributed by atoms with van der Waals surface area (Å²) in [5, 5.41) is 0.651. The predicted octanol–water partition coefficient (Wildman–Crippen LogP) is 2.54. The molecule has 0 radical (unpaired) electrons. The third kappa shape index (κ3) is 4.01. The van der Waals surface area contributed by atoms with Crippen molar-refractivity contribution in [2.45, 2.75) is 38.6 Å². The molecule has 6 heteroatoms. The topological polar surface area (TPSA) is 62.5 Å². The van der Waals surface area contributed by atoms with E-state index in [0.717, 1.165) is 57.7 Å². The largest absolute Gasteiger partial charge is 0.357 e. The van der Waals surface area contributed by atoms with Gasteiger partial charge in [0.1, 0.15) is 5.82 Å². The number of piperidine rings is 2. The standard InChI is InChI=1S/C18H27ClN4O/c1-13(20)15-3-2-8-23(12-15)18(24)14-6-9-22(10-7-14)17-5-4-16(19)11-21-17/h4-5,11,13-15H,2-3,6-10,12,20H2,1H3/t13-,15+/m1/s1. The van der Waals surface area contributed by atoms with E-state index in [2.05, 4.69) is 21.7 Å². The molecule has 1 aromatic heterocycles. The summed E-state index contributed by atoms with van der Waals surface area (Å²) in [6.45, 7) is 5.51. The molecule has 132 valence electrons. The lowest BCUT2D eigenvalue weighted by atomic mass is 9.89. The molecule has 2 atom stereocenters. The van der Waals surface area contributed by atoms with Crippen LogP contribution in [-0.2, 0) is 4.79 Å². The molecule has 0 aromatic carbocycles. The molecule has 2 saturated heterocycles. The van der Waals surface area contributed by atoms with Gasteiger partial charge in [-0.3, -0.25) is 4.79 Å². The fourth-order valence-corrected chi connectivity index (χ4v) is 3.92. The molecule has 5 nitrogen and oxygen atoms in total. The molecule has 2 N–H and O–H groups in total. The average molecular weight is 351 g/mol. The van der Waals surface area contributed by atoms with Crippen molar-refractivity contribution < 1.29 is 4.79 Å². The highest BCUT2D eigenvalue weighted by Gasteiger charge is 2.32. The van der Waals surface area contributed by atoms with E-state index in [1.807, 2.05) is 12.1 Å². The van der Waals surface area contributed by atoms with Gasteiger partial charge in [-0.2, -0.15) is 0 Å². The number of amides is 1. The van der Waals surface area contributed by atoms with Crippen LogP contribution in [0.2, 0.25) is 5.02 Å². The van der Waals surface area contributed by atoms with Crippen molar-refractivity contribution in [2.24, 2.45) is 17.6 Å². The zero-order chi connectivity index (χ0) is 17.1. The van der Waals surface area contributed by atoms with Gasteiger partial charge in [-0.15, -0.1) is 0 Å². The normalized spacial score (nSPS) is 24.0. The number of pyridine rings is 1. The number of nitrogens with two attached hydrogens (primary N) is 1. The lowest BCUT2D eigenvalue weighted by molar-refractivity contribution is -0.138. The number of carbonyl (C=O) groups excluding carboxylic acids is 1. The average Bonchev–Trinajstić information content (AvgIpc) is 2.62. The quantitative estimate of drug-likeness (QED) is 0.910. The van der Waals surface area contributed by atoms with Crippen LogP contribution in [-0.4, -0.2) is 48.0 Å². The molecule has 1 aromatic rings. The van der Waals surface area contributed by atoms with Crippen LogP contribution in [0, 0.1) is 11.8 Å². The van der Waals surface area contributed by atoms with Gasteiger partial charge < -0.3 is 15.5 Å². The number of anilines is 1. The van der Waals surface area contributed by atoms with Gasteiger partial charge in [-0.25, -0.2) is 4.98 Å². The Labute approximate surface area is 149 Å². The Bertz CT molecular complexity index is 555. The molecular formula is C18H27ClN4O. The molecule has 2 fully saturated rings. The highest BCUT2D eigenvalue weighted by Crippen LogP contribution is 2.26. The smallest absolute Gasteiger partial charge is 0.225 e. The first-order chi connectivity index (χ1) is 11.5. The van der Waals surface area contributed by atoms with Crippen LogP contribution in [0.4, 0.5) is 5.82 Å². The Morgan fingerprint density at radius 2 is 2.04 bits per heavy atom. The van der Waals surface area contributed by atoms with E-state index in [1.54, 1.807) is 6.20 Å². The van der Waals surface area contributed by atoms with E-state index in [9.17, 15) is 4.79 Å². The van der Waals surface area contributed by atoms with Gasteiger partial charge in [-0.05, 0) is 50.7 Å². The van der Waals surface area contributed by atoms with Crippen LogP contribution < -0.4 is 10.6 Å². The Hall–Kier alpha value is -1.33. The number of hydrogen-bond donors (Lipinski definition) is 1. The monoisotopic (exact) mass is 350 g/mol. The van der Waals surface area contributed by atoms with E-state index in [-0.39, 0.29) is 12.0 Å². The van der Waals surface area contributed by atoms with Crippen molar-refractivity contribution in [1.29, 1.82) is 0 Å². The summed E-state index contributed by atoms with van der Waals surface area (Å²) in [7, 11) is 0. The minimum Gasteiger partial charge on any atom is -0.357 e. The number of likely N-dealkylation sites (tertiary alicyclic amines) is 1. The van der Waals surface area contributed by atoms with Crippen molar-refractivity contribution in [1.82, 2.24) is 9.88 Å². The molecule has 1 amide bonds. The third-order valence-corrected chi connectivity index (χ3v) is 5.62. The molecule has 0 unspecified atom stereocenters. The summed E-state index contributed by atoms with van der Waals surface area (Å²) in [5.74, 6) is 1.85. The first kappa shape index (κ1) is 17.5. The van der Waals surface area contributed by atoms with Gasteiger partial charge >= 0.3 is 0 Å². The van der Waals surface area contributed by atoms with Crippen LogP contribution in [0.1, 0.15) is 32.6 Å². The highest BCUT2D eigenvalue weighted by molar-refractivity contribution is 6.30. The minimum absolute atomic E-state index is 0.139. The zero-order valence-corrected chi connectivity index (χ0v) is 15.1. The summed E-state index contributed by atoms with van der Waals surface area (Å²) >= 11 is 5.90. The molecule has 3 heterocycles. The molecule has 0 bridgehead atoms. The second kappa shape index (κ2) is 7.70. The van der Waals surface area contributed by atoms with E-state index >= 15 is 0 Å². The van der Waals surface area contributed by atoms with Crippen molar-refractivity contribution >= 4 is 23.3 Å². The van der Waals surface area contributed by atoms with Crippen LogP contribution in [0.5, 0.6) is 0 Å². The molecule has 0 aliphatic carbocycles. The van der Waals surface area contributed by atoms with Crippen LogP contribution in [0.3, 0.4) is 0 Å². The Balaban J connectivity index is 1.54. The van der Waals surface area contributed by atoms with Crippen molar-refractivity contribution in [3.05, 3.63) is 23.4 Å². The van der Waals surface area contributed by atoms with Gasteiger partial charge in [0, 0.05) is 44.3 Å². The number of aromatic nitrogens is 1. The summed E-state index contributed by atoms with van der Waals surface area (Å²) in [5.41, 5.74) is 6.04. The Morgan fingerprint density at radius 1 is 1.29 bits per heavy atom. The van der Waals surface area contributed by atoms with Gasteiger partial charge in [-0.1, -0.05) is 11.6 Å². The number of halogens is 1. The number of carbonyl (C=O) groups is 1. The maximum Gasteiger partial charge on any atom is 0.225 e. The predicted molar refractivity (Wildman–Crippen MR) is 97.1 cm³/mol. The van der Waals surface area contributed by atoms with Crippen LogP contribution >= 0.6 is 11.6 Å². The molecule has 0 saturated carbocycles. The fraction of sp³-hybridized carbons (Fsp3) is 0.667. The van der Waals surface area contributed by atoms with E-state index in [0.29, 0.717) is 16.8 Å². The van der Waals surface area contributed by atoms with Gasteiger partial charge in [0.25, 0.3) is 0 Å². The number of nitrogens with zero attached hydrogens (tertiary/aromatic N) is 3. The summed E-state index contributed by atoms with van der Waals surface area (Å²) in [6.07, 6.45) is 5.68. The Morgan fingerprint density at radius 3 is 2.67 bits per heavy atom.